The van der Waals surface area contributed by atoms with E-state index in [0.717, 1.165) is 25.9 Å². The van der Waals surface area contributed by atoms with Gasteiger partial charge in [-0.1, -0.05) is 0 Å². The number of esters is 1. The zero-order chi connectivity index (χ0) is 14.6. The highest BCUT2D eigenvalue weighted by Gasteiger charge is 2.39. The van der Waals surface area contributed by atoms with Gasteiger partial charge in [-0.15, -0.1) is 0 Å². The van der Waals surface area contributed by atoms with Gasteiger partial charge in [-0.05, 0) is 51.9 Å². The highest BCUT2D eigenvalue weighted by atomic mass is 19.1. The third-order valence-corrected chi connectivity index (χ3v) is 3.88. The van der Waals surface area contributed by atoms with Crippen LogP contribution < -0.4 is 0 Å². The van der Waals surface area contributed by atoms with Crippen molar-refractivity contribution < 1.29 is 13.9 Å². The van der Waals surface area contributed by atoms with E-state index in [2.05, 4.69) is 9.88 Å². The molecule has 1 aromatic rings. The highest BCUT2D eigenvalue weighted by molar-refractivity contribution is 5.71. The van der Waals surface area contributed by atoms with Crippen LogP contribution >= 0.6 is 0 Å². The van der Waals surface area contributed by atoms with Gasteiger partial charge in [-0.25, -0.2) is 4.39 Å². The smallest absolute Gasteiger partial charge is 0.308 e. The number of carbonyl (C=O) groups excluding carboxylic acids is 1. The van der Waals surface area contributed by atoms with Gasteiger partial charge in [0.05, 0.1) is 30.5 Å². The van der Waals surface area contributed by atoms with Gasteiger partial charge in [0.2, 0.25) is 0 Å². The highest BCUT2D eigenvalue weighted by Crippen LogP contribution is 2.34. The Bertz CT molecular complexity index is 457. The molecule has 2 heterocycles. The van der Waals surface area contributed by atoms with Crippen molar-refractivity contribution in [2.45, 2.75) is 38.6 Å². The number of aromatic nitrogens is 1. The van der Waals surface area contributed by atoms with E-state index >= 15 is 0 Å². The van der Waals surface area contributed by atoms with Crippen molar-refractivity contribution in [2.75, 3.05) is 19.7 Å². The Labute approximate surface area is 118 Å². The molecular formula is C15H21FN2O2. The molecule has 0 saturated carbocycles. The second kappa shape index (κ2) is 6.31. The summed E-state index contributed by atoms with van der Waals surface area (Å²) in [6.45, 7) is 5.99. The number of rotatable bonds is 5. The lowest BCUT2D eigenvalue weighted by atomic mass is 9.91. The topological polar surface area (TPSA) is 42.4 Å². The zero-order valence-electron chi connectivity index (χ0n) is 12.1. The fourth-order valence-electron chi connectivity index (χ4n) is 2.76. The number of hydrogen-bond acceptors (Lipinski definition) is 4. The molecule has 0 N–H and O–H groups in total. The molecule has 110 valence electrons. The molecule has 0 spiro atoms. The Morgan fingerprint density at radius 2 is 2.15 bits per heavy atom. The van der Waals surface area contributed by atoms with Crippen molar-refractivity contribution in [3.8, 4) is 0 Å². The van der Waals surface area contributed by atoms with Gasteiger partial charge < -0.3 is 4.74 Å². The molecule has 0 bridgehead atoms. The third-order valence-electron chi connectivity index (χ3n) is 3.88. The first-order chi connectivity index (χ1) is 9.56. The molecule has 0 amide bonds. The molecule has 1 unspecified atom stereocenters. The molecular weight excluding hydrogens is 259 g/mol. The maximum absolute atomic E-state index is 13.1. The summed E-state index contributed by atoms with van der Waals surface area (Å²) in [7, 11) is 0. The van der Waals surface area contributed by atoms with Crippen LogP contribution in [-0.2, 0) is 15.1 Å². The van der Waals surface area contributed by atoms with E-state index in [-0.39, 0.29) is 18.2 Å². The molecule has 2 rings (SSSR count). The number of pyridine rings is 1. The predicted octanol–water partition coefficient (Wildman–Crippen LogP) is 2.48. The van der Waals surface area contributed by atoms with Crippen molar-refractivity contribution in [1.29, 1.82) is 0 Å². The minimum Gasteiger partial charge on any atom is -0.466 e. The second-order valence-electron chi connectivity index (χ2n) is 5.31. The number of nitrogens with zero attached hydrogens (tertiary/aromatic N) is 2. The normalized spacial score (nSPS) is 18.8. The molecule has 0 aliphatic carbocycles. The lowest BCUT2D eigenvalue weighted by Gasteiger charge is -2.37. The lowest BCUT2D eigenvalue weighted by Crippen LogP contribution is -2.44. The van der Waals surface area contributed by atoms with Crippen molar-refractivity contribution in [1.82, 2.24) is 9.88 Å². The van der Waals surface area contributed by atoms with Gasteiger partial charge in [0, 0.05) is 0 Å². The van der Waals surface area contributed by atoms with Crippen LogP contribution in [0.5, 0.6) is 0 Å². The van der Waals surface area contributed by atoms with E-state index in [0.29, 0.717) is 12.3 Å². The van der Waals surface area contributed by atoms with E-state index in [4.69, 9.17) is 4.74 Å². The van der Waals surface area contributed by atoms with Gasteiger partial charge in [-0.3, -0.25) is 14.7 Å². The van der Waals surface area contributed by atoms with Crippen LogP contribution in [0.1, 0.15) is 38.8 Å². The van der Waals surface area contributed by atoms with Gasteiger partial charge >= 0.3 is 5.97 Å². The maximum Gasteiger partial charge on any atom is 0.308 e. The minimum atomic E-state index is -0.531. The van der Waals surface area contributed by atoms with Crippen molar-refractivity contribution in [3.63, 3.8) is 0 Å². The molecule has 1 atom stereocenters. The minimum absolute atomic E-state index is 0.236. The van der Waals surface area contributed by atoms with Crippen molar-refractivity contribution in [3.05, 3.63) is 29.8 Å². The van der Waals surface area contributed by atoms with Crippen LogP contribution in [0.25, 0.3) is 0 Å². The van der Waals surface area contributed by atoms with Gasteiger partial charge in [0.25, 0.3) is 0 Å². The van der Waals surface area contributed by atoms with E-state index in [9.17, 15) is 9.18 Å². The zero-order valence-corrected chi connectivity index (χ0v) is 12.1. The number of ether oxygens (including phenoxy) is 1. The van der Waals surface area contributed by atoms with Crippen LogP contribution in [0.4, 0.5) is 4.39 Å². The predicted molar refractivity (Wildman–Crippen MR) is 73.6 cm³/mol. The van der Waals surface area contributed by atoms with Crippen LogP contribution in [-0.4, -0.2) is 35.5 Å². The first-order valence-electron chi connectivity index (χ1n) is 7.09. The third kappa shape index (κ3) is 3.15. The number of carbonyl (C=O) groups is 1. The van der Waals surface area contributed by atoms with Crippen LogP contribution in [0.3, 0.4) is 0 Å². The summed E-state index contributed by atoms with van der Waals surface area (Å²) in [5.41, 5.74) is 0.185. The van der Waals surface area contributed by atoms with E-state index in [1.165, 1.54) is 12.3 Å². The largest absolute Gasteiger partial charge is 0.466 e. The van der Waals surface area contributed by atoms with Crippen molar-refractivity contribution >= 4 is 5.97 Å². The summed E-state index contributed by atoms with van der Waals surface area (Å²) >= 11 is 0. The monoisotopic (exact) mass is 280 g/mol. The molecule has 20 heavy (non-hydrogen) atoms. The number of hydrogen-bond donors (Lipinski definition) is 0. The molecule has 1 aliphatic rings. The molecule has 1 aromatic heterocycles. The van der Waals surface area contributed by atoms with Gasteiger partial charge in [-0.2, -0.15) is 0 Å². The molecule has 1 saturated heterocycles. The average Bonchev–Trinajstić information content (AvgIpc) is 2.94. The van der Waals surface area contributed by atoms with E-state index in [1.54, 1.807) is 13.0 Å². The molecule has 0 radical (unpaired) electrons. The standard InChI is InChI=1S/C15H21FN2O2/c1-3-20-14(19)10-15(2,18-8-4-5-9-18)13-7-6-12(16)11-17-13/h6-7,11H,3-5,8-10H2,1-2H3. The lowest BCUT2D eigenvalue weighted by molar-refractivity contribution is -0.146. The Hall–Kier alpha value is -1.49. The van der Waals surface area contributed by atoms with Crippen LogP contribution in [0.2, 0.25) is 0 Å². The van der Waals surface area contributed by atoms with E-state index < -0.39 is 5.54 Å². The van der Waals surface area contributed by atoms with Crippen LogP contribution in [0, 0.1) is 5.82 Å². The Morgan fingerprint density at radius 3 is 2.70 bits per heavy atom. The fraction of sp³-hybridized carbons (Fsp3) is 0.600. The quantitative estimate of drug-likeness (QED) is 0.777. The SMILES string of the molecule is CCOC(=O)CC(C)(c1ccc(F)cn1)N1CCCC1. The Kier molecular flexibility index (Phi) is 4.70. The molecule has 0 aromatic carbocycles. The summed E-state index contributed by atoms with van der Waals surface area (Å²) in [5.74, 6) is -0.610. The Balaban J connectivity index is 2.27. The van der Waals surface area contributed by atoms with Gasteiger partial charge in [0.15, 0.2) is 0 Å². The van der Waals surface area contributed by atoms with Crippen LogP contribution in [0.15, 0.2) is 18.3 Å². The van der Waals surface area contributed by atoms with E-state index in [1.807, 2.05) is 6.92 Å². The number of likely N-dealkylation sites (tertiary alicyclic amines) is 1. The maximum atomic E-state index is 13.1. The Morgan fingerprint density at radius 1 is 1.45 bits per heavy atom. The van der Waals surface area contributed by atoms with Gasteiger partial charge in [0.1, 0.15) is 5.82 Å². The molecule has 1 aliphatic heterocycles. The summed E-state index contributed by atoms with van der Waals surface area (Å²) in [6.07, 6.45) is 3.66. The first-order valence-corrected chi connectivity index (χ1v) is 7.09. The summed E-state index contributed by atoms with van der Waals surface area (Å²) in [5, 5.41) is 0. The summed E-state index contributed by atoms with van der Waals surface area (Å²) in [4.78, 5) is 18.3. The molecule has 5 heteroatoms. The molecule has 4 nitrogen and oxygen atoms in total. The van der Waals surface area contributed by atoms with Crippen molar-refractivity contribution in [2.24, 2.45) is 0 Å². The first kappa shape index (κ1) is 14.9. The average molecular weight is 280 g/mol. The fourth-order valence-corrected chi connectivity index (χ4v) is 2.76. The summed E-state index contributed by atoms with van der Waals surface area (Å²) < 4.78 is 18.1. The molecule has 1 fully saturated rings. The second-order valence-corrected chi connectivity index (χ2v) is 5.31. The number of halogens is 1. The summed E-state index contributed by atoms with van der Waals surface area (Å²) in [6, 6.07) is 3.05.